The molecular weight excluding hydrogens is 259 g/mol. The Morgan fingerprint density at radius 1 is 1.25 bits per heavy atom. The predicted octanol–water partition coefficient (Wildman–Crippen LogP) is 1.94. The van der Waals surface area contributed by atoms with Crippen LogP contribution in [-0.4, -0.2) is 16.7 Å². The number of anilines is 1. The summed E-state index contributed by atoms with van der Waals surface area (Å²) in [7, 11) is 0. The number of carbonyl (C=O) groups is 2. The summed E-state index contributed by atoms with van der Waals surface area (Å²) in [6.45, 7) is 2.06. The molecule has 2 aliphatic rings. The van der Waals surface area contributed by atoms with Crippen molar-refractivity contribution in [2.75, 3.05) is 5.73 Å². The Kier molecular flexibility index (Phi) is 3.00. The van der Waals surface area contributed by atoms with Crippen LogP contribution >= 0.6 is 0 Å². The van der Waals surface area contributed by atoms with Crippen LogP contribution in [-0.2, 0) is 16.1 Å². The van der Waals surface area contributed by atoms with Gasteiger partial charge in [0, 0.05) is 11.3 Å². The fourth-order valence-corrected chi connectivity index (χ4v) is 3.36. The number of rotatable bonds is 2. The van der Waals surface area contributed by atoms with E-state index in [1.165, 1.54) is 17.0 Å². The molecule has 0 radical (unpaired) electrons. The number of halogens is 1. The van der Waals surface area contributed by atoms with E-state index in [0.29, 0.717) is 17.2 Å². The number of nitrogens with two attached hydrogens (primary N) is 1. The maximum absolute atomic E-state index is 13.8. The molecule has 1 aromatic rings. The second-order valence-corrected chi connectivity index (χ2v) is 5.90. The summed E-state index contributed by atoms with van der Waals surface area (Å²) in [5.74, 6) is -0.769. The molecule has 0 bridgehead atoms. The maximum Gasteiger partial charge on any atom is 0.233 e. The highest BCUT2D eigenvalue weighted by atomic mass is 19.1. The average molecular weight is 276 g/mol. The molecule has 2 amide bonds. The fourth-order valence-electron chi connectivity index (χ4n) is 3.36. The zero-order valence-corrected chi connectivity index (χ0v) is 11.3. The number of amides is 2. The summed E-state index contributed by atoms with van der Waals surface area (Å²) in [5, 5.41) is 0. The van der Waals surface area contributed by atoms with Gasteiger partial charge in [0.1, 0.15) is 5.82 Å². The molecule has 3 rings (SSSR count). The third-order valence-corrected chi connectivity index (χ3v) is 4.37. The molecule has 1 saturated heterocycles. The molecule has 106 valence electrons. The average Bonchev–Trinajstić information content (AvgIpc) is 2.86. The van der Waals surface area contributed by atoms with E-state index in [0.717, 1.165) is 12.8 Å². The van der Waals surface area contributed by atoms with Gasteiger partial charge in [-0.15, -0.1) is 0 Å². The Morgan fingerprint density at radius 3 is 2.40 bits per heavy atom. The van der Waals surface area contributed by atoms with Gasteiger partial charge in [0.15, 0.2) is 0 Å². The quantitative estimate of drug-likeness (QED) is 0.663. The second kappa shape index (κ2) is 4.58. The standard InChI is InChI=1S/C15H17FN2O2/c1-8-4-11-12(5-8)15(20)18(14(11)19)7-9-2-3-10(17)6-13(9)16/h2-3,6,8,11-12H,4-5,7,17H2,1H3. The molecule has 4 nitrogen and oxygen atoms in total. The Labute approximate surface area is 116 Å². The smallest absolute Gasteiger partial charge is 0.233 e. The first-order valence-corrected chi connectivity index (χ1v) is 6.86. The summed E-state index contributed by atoms with van der Waals surface area (Å²) in [6.07, 6.45) is 1.52. The molecule has 2 fully saturated rings. The van der Waals surface area contributed by atoms with Crippen molar-refractivity contribution in [2.45, 2.75) is 26.3 Å². The molecule has 1 aromatic carbocycles. The Hall–Kier alpha value is -1.91. The number of carbonyl (C=O) groups excluding carboxylic acids is 2. The topological polar surface area (TPSA) is 63.4 Å². The molecule has 2 unspecified atom stereocenters. The predicted molar refractivity (Wildman–Crippen MR) is 71.7 cm³/mol. The van der Waals surface area contributed by atoms with Crippen molar-refractivity contribution in [1.29, 1.82) is 0 Å². The van der Waals surface area contributed by atoms with Crippen LogP contribution in [0.2, 0.25) is 0 Å². The number of hydrogen-bond acceptors (Lipinski definition) is 3. The minimum Gasteiger partial charge on any atom is -0.399 e. The number of benzene rings is 1. The highest BCUT2D eigenvalue weighted by Crippen LogP contribution is 2.43. The summed E-state index contributed by atoms with van der Waals surface area (Å²) < 4.78 is 13.8. The zero-order valence-electron chi connectivity index (χ0n) is 11.3. The van der Waals surface area contributed by atoms with Crippen molar-refractivity contribution >= 4 is 17.5 Å². The van der Waals surface area contributed by atoms with Gasteiger partial charge in [0.25, 0.3) is 0 Å². The minimum atomic E-state index is -0.476. The van der Waals surface area contributed by atoms with Crippen LogP contribution < -0.4 is 5.73 Å². The molecule has 1 heterocycles. The van der Waals surface area contributed by atoms with E-state index in [4.69, 9.17) is 5.73 Å². The zero-order chi connectivity index (χ0) is 14.4. The third kappa shape index (κ3) is 1.97. The largest absolute Gasteiger partial charge is 0.399 e. The molecule has 1 aliphatic heterocycles. The van der Waals surface area contributed by atoms with Crippen molar-refractivity contribution in [3.63, 3.8) is 0 Å². The van der Waals surface area contributed by atoms with Crippen LogP contribution in [0.15, 0.2) is 18.2 Å². The van der Waals surface area contributed by atoms with Crippen LogP contribution in [0.4, 0.5) is 10.1 Å². The first-order chi connectivity index (χ1) is 9.47. The molecule has 1 saturated carbocycles. The van der Waals surface area contributed by atoms with Crippen LogP contribution in [0.5, 0.6) is 0 Å². The van der Waals surface area contributed by atoms with Gasteiger partial charge in [0.05, 0.1) is 18.4 Å². The van der Waals surface area contributed by atoms with Gasteiger partial charge in [-0.25, -0.2) is 4.39 Å². The molecule has 2 atom stereocenters. The minimum absolute atomic E-state index is 0.00512. The summed E-state index contributed by atoms with van der Waals surface area (Å²) in [6, 6.07) is 4.32. The molecule has 1 aliphatic carbocycles. The lowest BCUT2D eigenvalue weighted by molar-refractivity contribution is -0.141. The first kappa shape index (κ1) is 13.1. The van der Waals surface area contributed by atoms with Crippen molar-refractivity contribution in [1.82, 2.24) is 4.90 Å². The van der Waals surface area contributed by atoms with Crippen LogP contribution in [0.1, 0.15) is 25.3 Å². The summed E-state index contributed by atoms with van der Waals surface area (Å²) in [4.78, 5) is 25.8. The lowest BCUT2D eigenvalue weighted by Gasteiger charge is -2.17. The molecule has 20 heavy (non-hydrogen) atoms. The van der Waals surface area contributed by atoms with E-state index in [1.54, 1.807) is 6.07 Å². The second-order valence-electron chi connectivity index (χ2n) is 5.90. The highest BCUT2D eigenvalue weighted by molar-refractivity contribution is 6.05. The van der Waals surface area contributed by atoms with Gasteiger partial charge in [0.2, 0.25) is 11.8 Å². The Morgan fingerprint density at radius 2 is 1.85 bits per heavy atom. The van der Waals surface area contributed by atoms with Gasteiger partial charge in [-0.05, 0) is 30.9 Å². The van der Waals surface area contributed by atoms with E-state index < -0.39 is 5.82 Å². The van der Waals surface area contributed by atoms with E-state index in [1.807, 2.05) is 0 Å². The number of likely N-dealkylation sites (tertiary alicyclic amines) is 1. The van der Waals surface area contributed by atoms with Crippen molar-refractivity contribution in [3.05, 3.63) is 29.6 Å². The molecular formula is C15H17FN2O2. The van der Waals surface area contributed by atoms with Crippen LogP contribution in [0, 0.1) is 23.6 Å². The van der Waals surface area contributed by atoms with Crippen molar-refractivity contribution in [3.8, 4) is 0 Å². The summed E-state index contributed by atoms with van der Waals surface area (Å²) >= 11 is 0. The number of nitrogens with zero attached hydrogens (tertiary/aromatic N) is 1. The molecule has 5 heteroatoms. The van der Waals surface area contributed by atoms with E-state index in [9.17, 15) is 14.0 Å². The third-order valence-electron chi connectivity index (χ3n) is 4.37. The van der Waals surface area contributed by atoms with Crippen LogP contribution in [0.3, 0.4) is 0 Å². The van der Waals surface area contributed by atoms with Gasteiger partial charge in [-0.2, -0.15) is 0 Å². The maximum atomic E-state index is 13.8. The number of nitrogen functional groups attached to an aromatic ring is 1. The molecule has 0 aromatic heterocycles. The summed E-state index contributed by atoms with van der Waals surface area (Å²) in [5.41, 5.74) is 6.15. The number of imide groups is 1. The molecule has 2 N–H and O–H groups in total. The van der Waals surface area contributed by atoms with Crippen molar-refractivity contribution < 1.29 is 14.0 Å². The van der Waals surface area contributed by atoms with Crippen molar-refractivity contribution in [2.24, 2.45) is 17.8 Å². The monoisotopic (exact) mass is 276 g/mol. The highest BCUT2D eigenvalue weighted by Gasteiger charge is 2.51. The SMILES string of the molecule is CC1CC2C(=O)N(Cc3ccc(N)cc3F)C(=O)C2C1. The lowest BCUT2D eigenvalue weighted by atomic mass is 10.00. The number of hydrogen-bond donors (Lipinski definition) is 1. The van der Waals surface area contributed by atoms with Gasteiger partial charge in [-0.3, -0.25) is 14.5 Å². The van der Waals surface area contributed by atoms with Gasteiger partial charge < -0.3 is 5.73 Å². The Balaban J connectivity index is 1.82. The normalized spacial score (nSPS) is 29.1. The van der Waals surface area contributed by atoms with E-state index >= 15 is 0 Å². The van der Waals surface area contributed by atoms with Crippen LogP contribution in [0.25, 0.3) is 0 Å². The van der Waals surface area contributed by atoms with Gasteiger partial charge in [-0.1, -0.05) is 13.0 Å². The molecule has 0 spiro atoms. The Bertz CT molecular complexity index is 563. The van der Waals surface area contributed by atoms with E-state index in [-0.39, 0.29) is 30.2 Å². The van der Waals surface area contributed by atoms with Gasteiger partial charge >= 0.3 is 0 Å². The fraction of sp³-hybridized carbons (Fsp3) is 0.467. The lowest BCUT2D eigenvalue weighted by Crippen LogP contribution is -2.32. The number of fused-ring (bicyclic) bond motifs is 1. The first-order valence-electron chi connectivity index (χ1n) is 6.86. The van der Waals surface area contributed by atoms with E-state index in [2.05, 4.69) is 6.92 Å².